The first-order valence-corrected chi connectivity index (χ1v) is 11.8. The van der Waals surface area contributed by atoms with Gasteiger partial charge in [-0.15, -0.1) is 0 Å². The molecule has 0 bridgehead atoms. The van der Waals surface area contributed by atoms with Crippen LogP contribution in [0.2, 0.25) is 0 Å². The van der Waals surface area contributed by atoms with Gasteiger partial charge in [0, 0.05) is 28.3 Å². The molecule has 32 heavy (non-hydrogen) atoms. The first-order chi connectivity index (χ1) is 15.3. The lowest BCUT2D eigenvalue weighted by atomic mass is 9.94. The Balaban J connectivity index is 1.75. The van der Waals surface area contributed by atoms with Crippen LogP contribution in [-0.4, -0.2) is 47.6 Å². The summed E-state index contributed by atoms with van der Waals surface area (Å²) in [5, 5.41) is 17.7. The number of hydrogen-bond donors (Lipinski definition) is 3. The maximum absolute atomic E-state index is 13.6. The van der Waals surface area contributed by atoms with Crippen molar-refractivity contribution in [3.63, 3.8) is 0 Å². The third-order valence-electron chi connectivity index (χ3n) is 6.59. The van der Waals surface area contributed by atoms with Crippen LogP contribution in [0.4, 0.5) is 16.2 Å². The summed E-state index contributed by atoms with van der Waals surface area (Å²) in [5.41, 5.74) is 1.00. The van der Waals surface area contributed by atoms with E-state index in [1.807, 2.05) is 26.0 Å². The highest BCUT2D eigenvalue weighted by molar-refractivity contribution is 9.10. The van der Waals surface area contributed by atoms with Crippen LogP contribution in [0.3, 0.4) is 0 Å². The number of aryl methyl sites for hydroxylation is 2. The van der Waals surface area contributed by atoms with Crippen molar-refractivity contribution in [2.75, 3.05) is 29.9 Å². The highest BCUT2D eigenvalue weighted by atomic mass is 79.9. The Bertz CT molecular complexity index is 1060. The van der Waals surface area contributed by atoms with Crippen molar-refractivity contribution in [3.8, 4) is 0 Å². The van der Waals surface area contributed by atoms with Gasteiger partial charge in [-0.2, -0.15) is 0 Å². The number of urea groups is 1. The Hall–Kier alpha value is -2.42. The lowest BCUT2D eigenvalue weighted by Crippen LogP contribution is -2.63. The second-order valence-electron chi connectivity index (χ2n) is 8.53. The number of aliphatic hydroxyl groups is 1. The largest absolute Gasteiger partial charge is 0.359 e. The van der Waals surface area contributed by atoms with E-state index in [1.54, 1.807) is 24.3 Å². The minimum atomic E-state index is -2.20. The molecule has 4 rings (SSSR count). The van der Waals surface area contributed by atoms with Gasteiger partial charge in [0.25, 0.3) is 11.6 Å². The summed E-state index contributed by atoms with van der Waals surface area (Å²) in [5.74, 6) is -0.618. The van der Waals surface area contributed by atoms with Crippen molar-refractivity contribution in [2.24, 2.45) is 0 Å². The van der Waals surface area contributed by atoms with Gasteiger partial charge in [0.05, 0.1) is 5.69 Å². The number of amides is 3. The Morgan fingerprint density at radius 3 is 2.75 bits per heavy atom. The molecule has 3 N–H and O–H groups in total. The maximum Gasteiger partial charge on any atom is 0.329 e. The molecule has 0 saturated carbocycles. The summed E-state index contributed by atoms with van der Waals surface area (Å²) in [6, 6.07) is 10.2. The van der Waals surface area contributed by atoms with Gasteiger partial charge in [0.15, 0.2) is 0 Å². The molecule has 0 aromatic heterocycles. The summed E-state index contributed by atoms with van der Waals surface area (Å²) in [4.78, 5) is 30.3. The molecule has 0 unspecified atom stereocenters. The van der Waals surface area contributed by atoms with E-state index in [0.29, 0.717) is 28.0 Å². The molecule has 1 saturated heterocycles. The van der Waals surface area contributed by atoms with E-state index >= 15 is 0 Å². The number of halogens is 1. The molecule has 3 amide bonds. The van der Waals surface area contributed by atoms with Crippen LogP contribution in [0.15, 0.2) is 40.9 Å². The SMILES string of the molecule is CCN1CCC[C@H]1CNC(=O)[C@@]1(O)c2cc(Br)ccc2NC(=O)N1c1ccc(C)c(C)c1. The van der Waals surface area contributed by atoms with Gasteiger partial charge in [-0.3, -0.25) is 14.6 Å². The van der Waals surface area contributed by atoms with Gasteiger partial charge in [-0.1, -0.05) is 28.9 Å². The minimum absolute atomic E-state index is 0.224. The molecule has 2 aliphatic heterocycles. The first kappa shape index (κ1) is 22.8. The Morgan fingerprint density at radius 2 is 2.03 bits per heavy atom. The molecular weight excluding hydrogens is 472 g/mol. The second-order valence-corrected chi connectivity index (χ2v) is 9.45. The van der Waals surface area contributed by atoms with Crippen LogP contribution in [-0.2, 0) is 10.5 Å². The molecule has 2 aromatic rings. The fourth-order valence-electron chi connectivity index (χ4n) is 4.62. The van der Waals surface area contributed by atoms with Crippen LogP contribution >= 0.6 is 15.9 Å². The zero-order chi connectivity index (χ0) is 23.0. The molecule has 2 aromatic carbocycles. The number of likely N-dealkylation sites (N-methyl/N-ethyl adjacent to an activating group) is 1. The van der Waals surface area contributed by atoms with E-state index in [-0.39, 0.29) is 6.04 Å². The van der Waals surface area contributed by atoms with Gasteiger partial charge >= 0.3 is 6.03 Å². The molecule has 1 fully saturated rings. The third-order valence-corrected chi connectivity index (χ3v) is 7.09. The number of nitrogens with one attached hydrogen (secondary N) is 2. The number of fused-ring (bicyclic) bond motifs is 1. The molecule has 2 atom stereocenters. The van der Waals surface area contributed by atoms with Gasteiger partial charge < -0.3 is 15.7 Å². The van der Waals surface area contributed by atoms with E-state index in [4.69, 9.17) is 0 Å². The van der Waals surface area contributed by atoms with Crippen LogP contribution in [0.25, 0.3) is 0 Å². The van der Waals surface area contributed by atoms with E-state index < -0.39 is 17.7 Å². The highest BCUT2D eigenvalue weighted by Gasteiger charge is 2.52. The molecule has 2 heterocycles. The molecule has 0 spiro atoms. The maximum atomic E-state index is 13.6. The van der Waals surface area contributed by atoms with Gasteiger partial charge in [-0.05, 0) is 81.2 Å². The zero-order valence-corrected chi connectivity index (χ0v) is 20.2. The zero-order valence-electron chi connectivity index (χ0n) is 18.6. The topological polar surface area (TPSA) is 84.9 Å². The van der Waals surface area contributed by atoms with Gasteiger partial charge in [-0.25, -0.2) is 4.79 Å². The quantitative estimate of drug-likeness (QED) is 0.581. The fourth-order valence-corrected chi connectivity index (χ4v) is 4.98. The Morgan fingerprint density at radius 1 is 1.25 bits per heavy atom. The summed E-state index contributed by atoms with van der Waals surface area (Å²) in [7, 11) is 0. The Labute approximate surface area is 196 Å². The number of nitrogens with zero attached hydrogens (tertiary/aromatic N) is 2. The Kier molecular flexibility index (Phi) is 6.29. The average molecular weight is 501 g/mol. The summed E-state index contributed by atoms with van der Waals surface area (Å²) < 4.78 is 0.701. The standard InChI is InChI=1S/C24H29BrN4O3/c1-4-28-11-5-6-19(28)14-26-22(30)24(32)20-13-17(25)8-10-21(20)27-23(31)29(24)18-9-7-15(2)16(3)12-18/h7-10,12-13,19,32H,4-6,11,14H2,1-3H3,(H,26,30)(H,27,31)/t19-,24-/m0/s1. The lowest BCUT2D eigenvalue weighted by Gasteiger charge is -2.43. The number of anilines is 2. The predicted molar refractivity (Wildman–Crippen MR) is 129 cm³/mol. The van der Waals surface area contributed by atoms with Crippen LogP contribution in [0.1, 0.15) is 36.5 Å². The van der Waals surface area contributed by atoms with Crippen LogP contribution in [0.5, 0.6) is 0 Å². The molecule has 2 aliphatic rings. The van der Waals surface area contributed by atoms with Crippen molar-refractivity contribution in [1.82, 2.24) is 10.2 Å². The molecular formula is C24H29BrN4O3. The van der Waals surface area contributed by atoms with Crippen molar-refractivity contribution >= 4 is 39.2 Å². The van der Waals surface area contributed by atoms with E-state index in [9.17, 15) is 14.7 Å². The van der Waals surface area contributed by atoms with Crippen molar-refractivity contribution < 1.29 is 14.7 Å². The van der Waals surface area contributed by atoms with E-state index in [1.165, 1.54) is 0 Å². The number of hydrogen-bond acceptors (Lipinski definition) is 4. The molecule has 8 heteroatoms. The van der Waals surface area contributed by atoms with Gasteiger partial charge in [0.1, 0.15) is 0 Å². The number of rotatable bonds is 5. The van der Waals surface area contributed by atoms with Crippen molar-refractivity contribution in [2.45, 2.75) is 45.4 Å². The van der Waals surface area contributed by atoms with E-state index in [2.05, 4.69) is 38.4 Å². The average Bonchev–Trinajstić information content (AvgIpc) is 3.22. The molecule has 7 nitrogen and oxygen atoms in total. The molecule has 0 aliphatic carbocycles. The summed E-state index contributed by atoms with van der Waals surface area (Å²) in [6.45, 7) is 8.35. The molecule has 0 radical (unpaired) electrons. The van der Waals surface area contributed by atoms with Gasteiger partial charge in [0.2, 0.25) is 0 Å². The number of carbonyl (C=O) groups is 2. The smallest absolute Gasteiger partial charge is 0.329 e. The molecule has 170 valence electrons. The first-order valence-electron chi connectivity index (χ1n) is 11.0. The van der Waals surface area contributed by atoms with Crippen molar-refractivity contribution in [1.29, 1.82) is 0 Å². The van der Waals surface area contributed by atoms with Crippen molar-refractivity contribution in [3.05, 3.63) is 57.6 Å². The number of carbonyl (C=O) groups excluding carboxylic acids is 2. The fraction of sp³-hybridized carbons (Fsp3) is 0.417. The monoisotopic (exact) mass is 500 g/mol. The van der Waals surface area contributed by atoms with E-state index in [0.717, 1.165) is 42.0 Å². The second kappa shape index (κ2) is 8.84. The van der Waals surface area contributed by atoms with Crippen LogP contribution in [0, 0.1) is 13.8 Å². The lowest BCUT2D eigenvalue weighted by molar-refractivity contribution is -0.140. The minimum Gasteiger partial charge on any atom is -0.359 e. The number of benzene rings is 2. The third kappa shape index (κ3) is 3.91. The van der Waals surface area contributed by atoms with Crippen LogP contribution < -0.4 is 15.5 Å². The normalized spacial score (nSPS) is 23.1. The summed E-state index contributed by atoms with van der Waals surface area (Å²) >= 11 is 3.43. The highest BCUT2D eigenvalue weighted by Crippen LogP contribution is 2.41. The number of likely N-dealkylation sites (tertiary alicyclic amines) is 1. The summed E-state index contributed by atoms with van der Waals surface area (Å²) in [6.07, 6.45) is 2.08. The predicted octanol–water partition coefficient (Wildman–Crippen LogP) is 3.86.